The number of rotatable bonds is 3. The van der Waals surface area contributed by atoms with Crippen LogP contribution in [0.25, 0.3) is 0 Å². The van der Waals surface area contributed by atoms with Crippen LogP contribution in [0.2, 0.25) is 10.0 Å². The summed E-state index contributed by atoms with van der Waals surface area (Å²) in [5.74, 6) is -2.29. The fourth-order valence-corrected chi connectivity index (χ4v) is 3.44. The van der Waals surface area contributed by atoms with Gasteiger partial charge in [0, 0.05) is 15.6 Å². The van der Waals surface area contributed by atoms with Gasteiger partial charge in [-0.05, 0) is 36.5 Å². The maximum atomic E-state index is 11.9. The van der Waals surface area contributed by atoms with Crippen LogP contribution in [0.15, 0.2) is 29.8 Å². The summed E-state index contributed by atoms with van der Waals surface area (Å²) in [6.45, 7) is 1.83. The molecule has 2 N–H and O–H groups in total. The van der Waals surface area contributed by atoms with Gasteiger partial charge in [0.2, 0.25) is 0 Å². The molecule has 1 aliphatic rings. The maximum absolute atomic E-state index is 11.9. The molecular formula is C15H14Cl2O4. The van der Waals surface area contributed by atoms with Gasteiger partial charge in [0.05, 0.1) is 0 Å². The number of carboxylic acid groups (broad SMARTS) is 2. The van der Waals surface area contributed by atoms with E-state index in [4.69, 9.17) is 23.2 Å². The molecule has 2 rings (SSSR count). The number of carboxylic acids is 2. The first-order valence-electron chi connectivity index (χ1n) is 6.40. The molecule has 112 valence electrons. The van der Waals surface area contributed by atoms with Gasteiger partial charge in [-0.3, -0.25) is 4.79 Å². The summed E-state index contributed by atoms with van der Waals surface area (Å²) in [4.78, 5) is 23.2. The van der Waals surface area contributed by atoms with Gasteiger partial charge in [0.15, 0.2) is 0 Å². The van der Waals surface area contributed by atoms with Crippen molar-refractivity contribution in [1.82, 2.24) is 0 Å². The van der Waals surface area contributed by atoms with Crippen LogP contribution in [-0.4, -0.2) is 22.2 Å². The van der Waals surface area contributed by atoms with Gasteiger partial charge in [-0.1, -0.05) is 42.3 Å². The standard InChI is InChI=1S/C15H14Cl2O4/c1-8-4-9(13(18)19)7-15(6-8,14(20)21)11-3-2-10(16)5-12(11)17/h2-3,5,7-8H,4,6H2,1H3,(H,18,19)(H,20,21). The molecule has 0 aliphatic heterocycles. The third kappa shape index (κ3) is 2.92. The molecule has 0 bridgehead atoms. The van der Waals surface area contributed by atoms with Crippen molar-refractivity contribution < 1.29 is 19.8 Å². The molecule has 21 heavy (non-hydrogen) atoms. The lowest BCUT2D eigenvalue weighted by Crippen LogP contribution is -2.39. The summed E-state index contributed by atoms with van der Waals surface area (Å²) in [5.41, 5.74) is -0.971. The van der Waals surface area contributed by atoms with Crippen molar-refractivity contribution in [3.8, 4) is 0 Å². The number of carbonyl (C=O) groups is 2. The van der Waals surface area contributed by atoms with Crippen molar-refractivity contribution in [3.63, 3.8) is 0 Å². The first-order chi connectivity index (χ1) is 9.76. The first-order valence-corrected chi connectivity index (χ1v) is 7.16. The molecule has 0 saturated heterocycles. The van der Waals surface area contributed by atoms with E-state index < -0.39 is 17.4 Å². The molecule has 0 heterocycles. The largest absolute Gasteiger partial charge is 0.480 e. The Morgan fingerprint density at radius 1 is 1.29 bits per heavy atom. The van der Waals surface area contributed by atoms with E-state index in [1.54, 1.807) is 12.1 Å². The van der Waals surface area contributed by atoms with Crippen LogP contribution in [0.4, 0.5) is 0 Å². The Bertz CT molecular complexity index is 639. The van der Waals surface area contributed by atoms with Crippen LogP contribution < -0.4 is 0 Å². The Morgan fingerprint density at radius 3 is 2.48 bits per heavy atom. The molecule has 2 atom stereocenters. The molecule has 0 saturated carbocycles. The molecule has 0 radical (unpaired) electrons. The molecule has 0 aromatic heterocycles. The third-order valence-corrected chi connectivity index (χ3v) is 4.28. The summed E-state index contributed by atoms with van der Waals surface area (Å²) in [7, 11) is 0. The summed E-state index contributed by atoms with van der Waals surface area (Å²) >= 11 is 12.0. The minimum Gasteiger partial charge on any atom is -0.480 e. The van der Waals surface area contributed by atoms with E-state index in [2.05, 4.69) is 0 Å². The molecule has 2 unspecified atom stereocenters. The van der Waals surface area contributed by atoms with Crippen LogP contribution in [0.3, 0.4) is 0 Å². The lowest BCUT2D eigenvalue weighted by Gasteiger charge is -2.34. The minimum atomic E-state index is -1.44. The highest BCUT2D eigenvalue weighted by atomic mass is 35.5. The van der Waals surface area contributed by atoms with Crippen LogP contribution in [-0.2, 0) is 15.0 Å². The van der Waals surface area contributed by atoms with Crippen molar-refractivity contribution in [1.29, 1.82) is 0 Å². The lowest BCUT2D eigenvalue weighted by atomic mass is 9.68. The van der Waals surface area contributed by atoms with Crippen LogP contribution >= 0.6 is 23.2 Å². The third-order valence-electron chi connectivity index (χ3n) is 3.73. The average molecular weight is 329 g/mol. The Morgan fingerprint density at radius 2 is 1.95 bits per heavy atom. The number of hydrogen-bond donors (Lipinski definition) is 2. The second-order valence-electron chi connectivity index (χ2n) is 5.39. The summed E-state index contributed by atoms with van der Waals surface area (Å²) in [6, 6.07) is 4.57. The highest BCUT2D eigenvalue weighted by Gasteiger charge is 2.44. The predicted octanol–water partition coefficient (Wildman–Crippen LogP) is 3.76. The monoisotopic (exact) mass is 328 g/mol. The molecule has 1 aromatic rings. The van der Waals surface area contributed by atoms with E-state index in [0.717, 1.165) is 0 Å². The van der Waals surface area contributed by atoms with Crippen LogP contribution in [0.1, 0.15) is 25.3 Å². The minimum absolute atomic E-state index is 0.0797. The Balaban J connectivity index is 2.68. The molecule has 0 spiro atoms. The molecule has 4 nitrogen and oxygen atoms in total. The van der Waals surface area contributed by atoms with E-state index in [0.29, 0.717) is 23.4 Å². The highest BCUT2D eigenvalue weighted by Crippen LogP contribution is 2.43. The van der Waals surface area contributed by atoms with Crippen molar-refractivity contribution >= 4 is 35.1 Å². The second-order valence-corrected chi connectivity index (χ2v) is 6.23. The van der Waals surface area contributed by atoms with Gasteiger partial charge in [-0.25, -0.2) is 4.79 Å². The van der Waals surface area contributed by atoms with Gasteiger partial charge in [0.25, 0.3) is 0 Å². The zero-order chi connectivity index (χ0) is 15.8. The molecule has 0 amide bonds. The predicted molar refractivity (Wildman–Crippen MR) is 79.9 cm³/mol. The molecule has 1 aromatic carbocycles. The molecule has 1 aliphatic carbocycles. The quantitative estimate of drug-likeness (QED) is 0.885. The van der Waals surface area contributed by atoms with Gasteiger partial charge in [0.1, 0.15) is 5.41 Å². The summed E-state index contributed by atoms with van der Waals surface area (Å²) < 4.78 is 0. The lowest BCUT2D eigenvalue weighted by molar-refractivity contribution is -0.142. The van der Waals surface area contributed by atoms with Crippen LogP contribution in [0, 0.1) is 5.92 Å². The SMILES string of the molecule is CC1CC(C(=O)O)=CC(C(=O)O)(c2ccc(Cl)cc2Cl)C1. The topological polar surface area (TPSA) is 74.6 Å². The van der Waals surface area contributed by atoms with Crippen molar-refractivity contribution in [2.75, 3.05) is 0 Å². The van der Waals surface area contributed by atoms with Crippen molar-refractivity contribution in [2.24, 2.45) is 5.92 Å². The zero-order valence-electron chi connectivity index (χ0n) is 11.3. The number of aliphatic carboxylic acids is 2. The highest BCUT2D eigenvalue weighted by molar-refractivity contribution is 6.35. The summed E-state index contributed by atoms with van der Waals surface area (Å²) in [5, 5.41) is 19.6. The smallest absolute Gasteiger partial charge is 0.331 e. The van der Waals surface area contributed by atoms with E-state index >= 15 is 0 Å². The van der Waals surface area contributed by atoms with E-state index in [-0.39, 0.29) is 16.5 Å². The first kappa shape index (κ1) is 15.9. The number of halogens is 2. The van der Waals surface area contributed by atoms with E-state index in [1.807, 2.05) is 6.92 Å². The number of benzene rings is 1. The zero-order valence-corrected chi connectivity index (χ0v) is 12.8. The molecule has 6 heteroatoms. The normalized spacial score (nSPS) is 25.3. The maximum Gasteiger partial charge on any atom is 0.331 e. The number of hydrogen-bond acceptors (Lipinski definition) is 2. The van der Waals surface area contributed by atoms with Crippen molar-refractivity contribution in [2.45, 2.75) is 25.2 Å². The summed E-state index contributed by atoms with van der Waals surface area (Å²) in [6.07, 6.45) is 1.95. The Kier molecular flexibility index (Phi) is 4.30. The van der Waals surface area contributed by atoms with Gasteiger partial charge < -0.3 is 10.2 Å². The van der Waals surface area contributed by atoms with Crippen molar-refractivity contribution in [3.05, 3.63) is 45.5 Å². The van der Waals surface area contributed by atoms with E-state index in [9.17, 15) is 19.8 Å². The Hall–Kier alpha value is -1.52. The molecular weight excluding hydrogens is 315 g/mol. The second kappa shape index (κ2) is 5.70. The van der Waals surface area contributed by atoms with E-state index in [1.165, 1.54) is 12.1 Å². The van der Waals surface area contributed by atoms with Gasteiger partial charge in [-0.15, -0.1) is 0 Å². The van der Waals surface area contributed by atoms with Crippen LogP contribution in [0.5, 0.6) is 0 Å². The Labute approximate surface area is 132 Å². The van der Waals surface area contributed by atoms with Gasteiger partial charge >= 0.3 is 11.9 Å². The molecule has 0 fully saturated rings. The van der Waals surface area contributed by atoms with Gasteiger partial charge in [-0.2, -0.15) is 0 Å². The fourth-order valence-electron chi connectivity index (χ4n) is 2.86. The average Bonchev–Trinajstić information content (AvgIpc) is 2.37. The fraction of sp³-hybridized carbons (Fsp3) is 0.333.